The molecule has 0 aromatic heterocycles. The molecule has 156 valence electrons. The van der Waals surface area contributed by atoms with Crippen molar-refractivity contribution in [3.05, 3.63) is 28.3 Å². The van der Waals surface area contributed by atoms with E-state index in [1.807, 2.05) is 0 Å². The predicted octanol–water partition coefficient (Wildman–Crippen LogP) is 2.26. The molecule has 1 atom stereocenters. The van der Waals surface area contributed by atoms with Gasteiger partial charge in [0.2, 0.25) is 10.0 Å². The summed E-state index contributed by atoms with van der Waals surface area (Å²) in [6, 6.07) is 3.49. The summed E-state index contributed by atoms with van der Waals surface area (Å²) in [4.78, 5) is 24.6. The molecule has 0 radical (unpaired) electrons. The lowest BCUT2D eigenvalue weighted by molar-refractivity contribution is -0.386. The van der Waals surface area contributed by atoms with Gasteiger partial charge in [-0.25, -0.2) is 8.42 Å². The molecule has 10 heteroatoms. The number of carbonyl (C=O) groups excluding carboxylic acids is 1. The van der Waals surface area contributed by atoms with E-state index in [9.17, 15) is 23.3 Å². The van der Waals surface area contributed by atoms with Gasteiger partial charge in [0.05, 0.1) is 9.82 Å². The van der Waals surface area contributed by atoms with E-state index < -0.39 is 20.6 Å². The third-order valence-electron chi connectivity index (χ3n) is 4.83. The number of nitro groups is 1. The van der Waals surface area contributed by atoms with Crippen LogP contribution in [-0.4, -0.2) is 61.2 Å². The van der Waals surface area contributed by atoms with Gasteiger partial charge in [-0.1, -0.05) is 20.8 Å². The zero-order chi connectivity index (χ0) is 20.9. The highest BCUT2D eigenvalue weighted by atomic mass is 32.2. The first kappa shape index (κ1) is 22.1. The molecule has 0 N–H and O–H groups in total. The number of nitrogens with zero attached hydrogens (tertiary/aromatic N) is 3. The van der Waals surface area contributed by atoms with Crippen LogP contribution in [0.5, 0.6) is 5.75 Å². The Labute approximate surface area is 165 Å². The summed E-state index contributed by atoms with van der Waals surface area (Å²) in [7, 11) is -3.83. The van der Waals surface area contributed by atoms with Gasteiger partial charge in [-0.3, -0.25) is 14.9 Å². The Bertz CT molecular complexity index is 823. The van der Waals surface area contributed by atoms with Crippen LogP contribution < -0.4 is 4.74 Å². The summed E-state index contributed by atoms with van der Waals surface area (Å²) in [5, 5.41) is 11.4. The van der Waals surface area contributed by atoms with Gasteiger partial charge in [0.1, 0.15) is 0 Å². The lowest BCUT2D eigenvalue weighted by atomic mass is 10.0. The second-order valence-corrected chi connectivity index (χ2v) is 8.79. The summed E-state index contributed by atoms with van der Waals surface area (Å²) in [5.41, 5.74) is -0.479. The topological polar surface area (TPSA) is 110 Å². The van der Waals surface area contributed by atoms with E-state index in [0.717, 1.165) is 18.9 Å². The van der Waals surface area contributed by atoms with Crippen molar-refractivity contribution in [1.29, 1.82) is 0 Å². The van der Waals surface area contributed by atoms with Crippen molar-refractivity contribution in [2.75, 3.05) is 32.8 Å². The van der Waals surface area contributed by atoms with Gasteiger partial charge in [0.15, 0.2) is 12.4 Å². The van der Waals surface area contributed by atoms with Crippen LogP contribution in [0.3, 0.4) is 0 Å². The summed E-state index contributed by atoms with van der Waals surface area (Å²) < 4.78 is 31.8. The van der Waals surface area contributed by atoms with Crippen molar-refractivity contribution < 1.29 is 22.9 Å². The summed E-state index contributed by atoms with van der Waals surface area (Å²) in [5.74, 6) is 0.0548. The molecule has 1 aromatic rings. The predicted molar refractivity (Wildman–Crippen MR) is 104 cm³/mol. The van der Waals surface area contributed by atoms with Crippen molar-refractivity contribution in [2.24, 2.45) is 5.92 Å². The van der Waals surface area contributed by atoms with Crippen molar-refractivity contribution >= 4 is 21.6 Å². The van der Waals surface area contributed by atoms with Crippen LogP contribution in [0.2, 0.25) is 0 Å². The van der Waals surface area contributed by atoms with Crippen molar-refractivity contribution in [3.8, 4) is 5.75 Å². The van der Waals surface area contributed by atoms with E-state index in [1.165, 1.54) is 16.4 Å². The fraction of sp³-hybridized carbons (Fsp3) is 0.611. The number of piperidine rings is 1. The molecule has 0 bridgehead atoms. The van der Waals surface area contributed by atoms with Crippen molar-refractivity contribution in [3.63, 3.8) is 0 Å². The highest BCUT2D eigenvalue weighted by Crippen LogP contribution is 2.31. The first-order valence-corrected chi connectivity index (χ1v) is 10.8. The third-order valence-corrected chi connectivity index (χ3v) is 6.88. The Morgan fingerprint density at radius 3 is 2.61 bits per heavy atom. The maximum atomic E-state index is 12.6. The molecular weight excluding hydrogens is 386 g/mol. The molecule has 1 aromatic carbocycles. The number of carbonyl (C=O) groups is 1. The molecule has 28 heavy (non-hydrogen) atoms. The molecule has 1 amide bonds. The third kappa shape index (κ3) is 4.99. The highest BCUT2D eigenvalue weighted by molar-refractivity contribution is 7.89. The zero-order valence-corrected chi connectivity index (χ0v) is 17.3. The van der Waals surface area contributed by atoms with Crippen LogP contribution in [-0.2, 0) is 14.8 Å². The molecular formula is C18H27N3O6S. The first-order chi connectivity index (χ1) is 13.2. The van der Waals surface area contributed by atoms with E-state index >= 15 is 0 Å². The molecule has 0 unspecified atom stereocenters. The van der Waals surface area contributed by atoms with Crippen LogP contribution >= 0.6 is 0 Å². The van der Waals surface area contributed by atoms with Gasteiger partial charge in [0, 0.05) is 32.2 Å². The highest BCUT2D eigenvalue weighted by Gasteiger charge is 2.27. The molecule has 9 nitrogen and oxygen atoms in total. The fourth-order valence-electron chi connectivity index (χ4n) is 3.28. The summed E-state index contributed by atoms with van der Waals surface area (Å²) in [6.45, 7) is 6.94. The molecule has 1 saturated heterocycles. The quantitative estimate of drug-likeness (QED) is 0.478. The second kappa shape index (κ2) is 9.33. The Kier molecular flexibility index (Phi) is 7.36. The summed E-state index contributed by atoms with van der Waals surface area (Å²) >= 11 is 0. The van der Waals surface area contributed by atoms with Crippen molar-refractivity contribution in [1.82, 2.24) is 9.21 Å². The zero-order valence-electron chi connectivity index (χ0n) is 16.5. The molecule has 0 saturated carbocycles. The number of hydrogen-bond acceptors (Lipinski definition) is 6. The molecule has 2 rings (SSSR count). The van der Waals surface area contributed by atoms with Gasteiger partial charge in [-0.15, -0.1) is 0 Å². The van der Waals surface area contributed by atoms with E-state index in [-0.39, 0.29) is 36.2 Å². The number of likely N-dealkylation sites (tertiary alicyclic amines) is 1. The van der Waals surface area contributed by atoms with Gasteiger partial charge in [-0.2, -0.15) is 4.31 Å². The van der Waals surface area contributed by atoms with E-state index in [2.05, 4.69) is 6.92 Å². The maximum absolute atomic E-state index is 12.6. The largest absolute Gasteiger partial charge is 0.477 e. The maximum Gasteiger partial charge on any atom is 0.312 e. The van der Waals surface area contributed by atoms with Gasteiger partial charge < -0.3 is 9.64 Å². The average Bonchev–Trinajstić information content (AvgIpc) is 2.66. The minimum Gasteiger partial charge on any atom is -0.477 e. The van der Waals surface area contributed by atoms with Crippen LogP contribution in [0.4, 0.5) is 5.69 Å². The van der Waals surface area contributed by atoms with Crippen LogP contribution in [0.1, 0.15) is 33.6 Å². The first-order valence-electron chi connectivity index (χ1n) is 9.39. The number of rotatable bonds is 8. The number of hydrogen-bond donors (Lipinski definition) is 0. The standard InChI is InChI=1S/C18H27N3O6S/c1-4-20(5-2)28(25,26)15-8-9-17(16(11-15)21(23)24)27-13-18(22)19-10-6-7-14(3)12-19/h8-9,11,14H,4-7,10,12-13H2,1-3H3/t14-/m0/s1. The van der Waals surface area contributed by atoms with E-state index in [0.29, 0.717) is 19.0 Å². The second-order valence-electron chi connectivity index (χ2n) is 6.85. The molecule has 1 heterocycles. The normalized spacial score (nSPS) is 17.6. The SMILES string of the molecule is CCN(CC)S(=O)(=O)c1ccc(OCC(=O)N2CCC[C@H](C)C2)c([N+](=O)[O-])c1. The Morgan fingerprint density at radius 1 is 1.36 bits per heavy atom. The lowest BCUT2D eigenvalue weighted by Gasteiger charge is -2.30. The average molecular weight is 413 g/mol. The number of benzene rings is 1. The van der Waals surface area contributed by atoms with Crippen LogP contribution in [0.15, 0.2) is 23.1 Å². The van der Waals surface area contributed by atoms with E-state index in [4.69, 9.17) is 4.74 Å². The van der Waals surface area contributed by atoms with E-state index in [1.54, 1.807) is 18.7 Å². The smallest absolute Gasteiger partial charge is 0.312 e. The molecule has 1 fully saturated rings. The Morgan fingerprint density at radius 2 is 2.04 bits per heavy atom. The van der Waals surface area contributed by atoms with Crippen molar-refractivity contribution in [2.45, 2.75) is 38.5 Å². The minimum absolute atomic E-state index is 0.123. The minimum atomic E-state index is -3.83. The number of amides is 1. The molecule has 1 aliphatic heterocycles. The van der Waals surface area contributed by atoms with Crippen LogP contribution in [0.25, 0.3) is 0 Å². The van der Waals surface area contributed by atoms with Gasteiger partial charge in [-0.05, 0) is 30.9 Å². The van der Waals surface area contributed by atoms with Gasteiger partial charge >= 0.3 is 5.69 Å². The number of ether oxygens (including phenoxy) is 1. The number of nitro benzene ring substituents is 1. The monoisotopic (exact) mass is 413 g/mol. The summed E-state index contributed by atoms with van der Waals surface area (Å²) in [6.07, 6.45) is 1.99. The molecule has 0 aliphatic carbocycles. The van der Waals surface area contributed by atoms with Crippen LogP contribution in [0, 0.1) is 16.0 Å². The number of sulfonamides is 1. The lowest BCUT2D eigenvalue weighted by Crippen LogP contribution is -2.41. The van der Waals surface area contributed by atoms with Gasteiger partial charge in [0.25, 0.3) is 5.91 Å². The fourth-order valence-corrected chi connectivity index (χ4v) is 4.76. The molecule has 0 spiro atoms. The molecule has 1 aliphatic rings. The Balaban J connectivity index is 2.19. The Hall–Kier alpha value is -2.20.